The van der Waals surface area contributed by atoms with Gasteiger partial charge in [0.2, 0.25) is 0 Å². The SMILES string of the molecule is CSCCCNC(=S)N1CCN(C(=O)c2ccc([N+](=O)[O-])s2)CC1. The molecule has 0 aliphatic carbocycles. The van der Waals surface area contributed by atoms with Crippen LogP contribution in [0.2, 0.25) is 0 Å². The van der Waals surface area contributed by atoms with Crippen molar-refractivity contribution in [3.8, 4) is 0 Å². The monoisotopic (exact) mass is 388 g/mol. The molecule has 1 aliphatic heterocycles. The van der Waals surface area contributed by atoms with Gasteiger partial charge in [-0.05, 0) is 36.7 Å². The molecule has 2 rings (SSSR count). The zero-order valence-corrected chi connectivity index (χ0v) is 15.8. The zero-order chi connectivity index (χ0) is 17.5. The summed E-state index contributed by atoms with van der Waals surface area (Å²) < 4.78 is 0. The maximum absolute atomic E-state index is 12.4. The van der Waals surface area contributed by atoms with Crippen LogP contribution in [0.4, 0.5) is 5.00 Å². The molecule has 7 nitrogen and oxygen atoms in total. The predicted octanol–water partition coefficient (Wildman–Crippen LogP) is 2.04. The fourth-order valence-electron chi connectivity index (χ4n) is 2.33. The van der Waals surface area contributed by atoms with Crippen molar-refractivity contribution < 1.29 is 9.72 Å². The highest BCUT2D eigenvalue weighted by molar-refractivity contribution is 7.98. The Labute approximate surface area is 154 Å². The Balaban J connectivity index is 1.80. The van der Waals surface area contributed by atoms with E-state index in [2.05, 4.69) is 16.5 Å². The van der Waals surface area contributed by atoms with Crippen LogP contribution < -0.4 is 5.32 Å². The highest BCUT2D eigenvalue weighted by Crippen LogP contribution is 2.25. The average molecular weight is 389 g/mol. The summed E-state index contributed by atoms with van der Waals surface area (Å²) in [7, 11) is 0. The van der Waals surface area contributed by atoms with Gasteiger partial charge in [-0.3, -0.25) is 14.9 Å². The third kappa shape index (κ3) is 5.05. The van der Waals surface area contributed by atoms with E-state index in [9.17, 15) is 14.9 Å². The molecule has 1 amide bonds. The van der Waals surface area contributed by atoms with Gasteiger partial charge in [-0.15, -0.1) is 0 Å². The highest BCUT2D eigenvalue weighted by Gasteiger charge is 2.25. The van der Waals surface area contributed by atoms with E-state index in [1.807, 2.05) is 11.8 Å². The summed E-state index contributed by atoms with van der Waals surface area (Å²) in [6.45, 7) is 3.34. The second kappa shape index (κ2) is 9.19. The predicted molar refractivity (Wildman–Crippen MR) is 102 cm³/mol. The smallest absolute Gasteiger partial charge is 0.324 e. The number of hydrogen-bond acceptors (Lipinski definition) is 6. The number of piperazine rings is 1. The van der Waals surface area contributed by atoms with Crippen LogP contribution in [0, 0.1) is 10.1 Å². The lowest BCUT2D eigenvalue weighted by molar-refractivity contribution is -0.380. The van der Waals surface area contributed by atoms with Crippen molar-refractivity contribution in [3.05, 3.63) is 27.1 Å². The Kier molecular flexibility index (Phi) is 7.25. The first-order valence-corrected chi connectivity index (χ1v) is 10.2. The highest BCUT2D eigenvalue weighted by atomic mass is 32.2. The molecule has 132 valence electrons. The van der Waals surface area contributed by atoms with Gasteiger partial charge in [0.05, 0.1) is 9.80 Å². The Morgan fingerprint density at radius 2 is 2.04 bits per heavy atom. The van der Waals surface area contributed by atoms with Gasteiger partial charge < -0.3 is 15.1 Å². The zero-order valence-electron chi connectivity index (χ0n) is 13.4. The molecule has 1 aromatic rings. The number of nitrogens with zero attached hydrogens (tertiary/aromatic N) is 3. The number of nitrogens with one attached hydrogen (secondary N) is 1. The number of amides is 1. The molecule has 0 aromatic carbocycles. The fraction of sp³-hybridized carbons (Fsp3) is 0.571. The molecule has 1 aromatic heterocycles. The van der Waals surface area contributed by atoms with Crippen LogP contribution >= 0.6 is 35.3 Å². The van der Waals surface area contributed by atoms with Crippen LogP contribution in [0.15, 0.2) is 12.1 Å². The Morgan fingerprint density at radius 3 is 2.62 bits per heavy atom. The van der Waals surface area contributed by atoms with E-state index in [0.29, 0.717) is 31.1 Å². The van der Waals surface area contributed by atoms with Gasteiger partial charge in [0.1, 0.15) is 0 Å². The molecule has 1 aliphatic rings. The normalized spacial score (nSPS) is 14.5. The summed E-state index contributed by atoms with van der Waals surface area (Å²) in [6, 6.07) is 2.90. The van der Waals surface area contributed by atoms with Crippen molar-refractivity contribution >= 4 is 51.3 Å². The maximum atomic E-state index is 12.4. The number of carbonyl (C=O) groups is 1. The van der Waals surface area contributed by atoms with Crippen LogP contribution in [0.1, 0.15) is 16.1 Å². The quantitative estimate of drug-likeness (QED) is 0.346. The van der Waals surface area contributed by atoms with Gasteiger partial charge in [-0.1, -0.05) is 11.3 Å². The van der Waals surface area contributed by atoms with E-state index < -0.39 is 4.92 Å². The minimum absolute atomic E-state index is 0.00685. The van der Waals surface area contributed by atoms with Crippen molar-refractivity contribution in [2.45, 2.75) is 6.42 Å². The van der Waals surface area contributed by atoms with Gasteiger partial charge >= 0.3 is 5.00 Å². The third-order valence-electron chi connectivity index (χ3n) is 3.64. The van der Waals surface area contributed by atoms with Crippen molar-refractivity contribution in [3.63, 3.8) is 0 Å². The number of nitro groups is 1. The van der Waals surface area contributed by atoms with E-state index in [4.69, 9.17) is 12.2 Å². The largest absolute Gasteiger partial charge is 0.363 e. The van der Waals surface area contributed by atoms with E-state index in [1.54, 1.807) is 4.90 Å². The van der Waals surface area contributed by atoms with Crippen LogP contribution in [-0.2, 0) is 0 Å². The first kappa shape index (κ1) is 18.9. The fourth-order valence-corrected chi connectivity index (χ4v) is 3.84. The van der Waals surface area contributed by atoms with E-state index in [-0.39, 0.29) is 10.9 Å². The molecule has 1 fully saturated rings. The van der Waals surface area contributed by atoms with Crippen molar-refractivity contribution in [2.24, 2.45) is 0 Å². The minimum Gasteiger partial charge on any atom is -0.363 e. The molecule has 1 saturated heterocycles. The van der Waals surface area contributed by atoms with Gasteiger partial charge in [0.25, 0.3) is 5.91 Å². The van der Waals surface area contributed by atoms with Gasteiger partial charge in [0.15, 0.2) is 5.11 Å². The molecule has 0 spiro atoms. The molecular weight excluding hydrogens is 368 g/mol. The van der Waals surface area contributed by atoms with Crippen LogP contribution in [0.3, 0.4) is 0 Å². The number of hydrogen-bond donors (Lipinski definition) is 1. The lowest BCUT2D eigenvalue weighted by Gasteiger charge is -2.36. The van der Waals surface area contributed by atoms with Crippen molar-refractivity contribution in [1.82, 2.24) is 15.1 Å². The molecule has 0 saturated carbocycles. The number of thiophene rings is 1. The third-order valence-corrected chi connectivity index (χ3v) is 5.76. The lowest BCUT2D eigenvalue weighted by atomic mass is 10.3. The Bertz CT molecular complexity index is 600. The molecule has 0 atom stereocenters. The van der Waals surface area contributed by atoms with E-state index in [0.717, 1.165) is 35.2 Å². The summed E-state index contributed by atoms with van der Waals surface area (Å²) in [6.07, 6.45) is 3.15. The van der Waals surface area contributed by atoms with Gasteiger partial charge in [-0.25, -0.2) is 0 Å². The van der Waals surface area contributed by atoms with Crippen LogP contribution in [-0.4, -0.2) is 70.5 Å². The maximum Gasteiger partial charge on any atom is 0.324 e. The molecule has 24 heavy (non-hydrogen) atoms. The number of thiocarbonyl (C=S) groups is 1. The standard InChI is InChI=1S/C14H20N4O3S3/c1-23-10-2-5-15-14(22)17-8-6-16(7-9-17)13(19)11-3-4-12(24-11)18(20)21/h3-4H,2,5-10H2,1H3,(H,15,22). The number of thioether (sulfide) groups is 1. The molecule has 2 heterocycles. The van der Waals surface area contributed by atoms with Crippen LogP contribution in [0.5, 0.6) is 0 Å². The summed E-state index contributed by atoms with van der Waals surface area (Å²) in [4.78, 5) is 26.8. The molecule has 0 bridgehead atoms. The van der Waals surface area contributed by atoms with Crippen molar-refractivity contribution in [1.29, 1.82) is 0 Å². The van der Waals surface area contributed by atoms with Gasteiger partial charge in [0, 0.05) is 38.8 Å². The number of rotatable bonds is 6. The van der Waals surface area contributed by atoms with E-state index in [1.165, 1.54) is 12.1 Å². The summed E-state index contributed by atoms with van der Waals surface area (Å²) in [5.74, 6) is 0.955. The average Bonchev–Trinajstić information content (AvgIpc) is 3.08. The molecular formula is C14H20N4O3S3. The van der Waals surface area contributed by atoms with E-state index >= 15 is 0 Å². The Hall–Kier alpha value is -1.39. The second-order valence-corrected chi connectivity index (χ2v) is 7.69. The molecule has 0 unspecified atom stereocenters. The molecule has 10 heteroatoms. The number of carbonyl (C=O) groups excluding carboxylic acids is 1. The first-order valence-electron chi connectivity index (χ1n) is 7.58. The van der Waals surface area contributed by atoms with Gasteiger partial charge in [-0.2, -0.15) is 11.8 Å². The van der Waals surface area contributed by atoms with Crippen LogP contribution in [0.25, 0.3) is 0 Å². The minimum atomic E-state index is -0.472. The topological polar surface area (TPSA) is 78.7 Å². The summed E-state index contributed by atoms with van der Waals surface area (Å²) in [5.41, 5.74) is 0. The Morgan fingerprint density at radius 1 is 1.38 bits per heavy atom. The summed E-state index contributed by atoms with van der Waals surface area (Å²) >= 11 is 8.12. The summed E-state index contributed by atoms with van der Waals surface area (Å²) in [5, 5.41) is 14.7. The molecule has 1 N–H and O–H groups in total. The first-order chi connectivity index (χ1) is 11.5. The second-order valence-electron chi connectivity index (χ2n) is 5.25. The molecule has 0 radical (unpaired) electrons. The lowest BCUT2D eigenvalue weighted by Crippen LogP contribution is -2.53. The van der Waals surface area contributed by atoms with Crippen molar-refractivity contribution in [2.75, 3.05) is 44.7 Å².